The molecule has 5 nitrogen and oxygen atoms in total. The van der Waals surface area contributed by atoms with Gasteiger partial charge in [0.05, 0.1) is 0 Å². The van der Waals surface area contributed by atoms with E-state index in [0.29, 0.717) is 24.2 Å². The summed E-state index contributed by atoms with van der Waals surface area (Å²) in [4.78, 5) is 18.0. The van der Waals surface area contributed by atoms with Crippen molar-refractivity contribution >= 4 is 29.3 Å². The Hall–Kier alpha value is -1.53. The number of carbonyl (C=O) groups is 1. The third kappa shape index (κ3) is 3.22. The molecule has 1 atom stereocenters. The minimum absolute atomic E-state index is 0.0899. The number of aromatic amines is 1. The standard InChI is InChI=1S/C14H15ClN4OS/c15-11-4-2-1-3-10(11)12-5-6-19(7-8-21-12)14(20)13-16-9-17-18-13/h1-4,9,12H,5-8H2,(H,16,17,18). The van der Waals surface area contributed by atoms with Gasteiger partial charge in [0.15, 0.2) is 0 Å². The van der Waals surface area contributed by atoms with Gasteiger partial charge in [-0.3, -0.25) is 9.89 Å². The van der Waals surface area contributed by atoms with E-state index in [1.54, 1.807) is 0 Å². The van der Waals surface area contributed by atoms with Crippen molar-refractivity contribution in [2.75, 3.05) is 18.8 Å². The number of H-pyrrole nitrogens is 1. The Morgan fingerprint density at radius 2 is 2.24 bits per heavy atom. The molecule has 0 bridgehead atoms. The maximum absolute atomic E-state index is 12.3. The minimum atomic E-state index is -0.0899. The Morgan fingerprint density at radius 1 is 1.38 bits per heavy atom. The van der Waals surface area contributed by atoms with Crippen molar-refractivity contribution in [1.29, 1.82) is 0 Å². The molecule has 21 heavy (non-hydrogen) atoms. The number of hydrogen-bond donors (Lipinski definition) is 1. The van der Waals surface area contributed by atoms with Gasteiger partial charge in [0.1, 0.15) is 6.33 Å². The van der Waals surface area contributed by atoms with E-state index in [0.717, 1.165) is 22.8 Å². The number of halogens is 1. The van der Waals surface area contributed by atoms with Crippen LogP contribution in [0.1, 0.15) is 27.9 Å². The Kier molecular flexibility index (Phi) is 4.45. The van der Waals surface area contributed by atoms with Crippen LogP contribution < -0.4 is 0 Å². The molecule has 0 saturated carbocycles. The van der Waals surface area contributed by atoms with Gasteiger partial charge in [-0.15, -0.1) is 0 Å². The predicted octanol–water partition coefficient (Wildman–Crippen LogP) is 2.78. The first-order valence-electron chi connectivity index (χ1n) is 6.76. The first-order chi connectivity index (χ1) is 10.3. The molecular weight excluding hydrogens is 308 g/mol. The van der Waals surface area contributed by atoms with E-state index < -0.39 is 0 Å². The molecule has 110 valence electrons. The number of benzene rings is 1. The van der Waals surface area contributed by atoms with Crippen LogP contribution in [-0.4, -0.2) is 44.8 Å². The lowest BCUT2D eigenvalue weighted by Crippen LogP contribution is -2.33. The number of hydrogen-bond acceptors (Lipinski definition) is 4. The van der Waals surface area contributed by atoms with E-state index in [2.05, 4.69) is 21.2 Å². The topological polar surface area (TPSA) is 61.9 Å². The van der Waals surface area contributed by atoms with Crippen LogP contribution in [-0.2, 0) is 0 Å². The normalized spacial score (nSPS) is 19.3. The average molecular weight is 323 g/mol. The van der Waals surface area contributed by atoms with Gasteiger partial charge in [0.25, 0.3) is 5.91 Å². The Labute approximate surface area is 132 Å². The lowest BCUT2D eigenvalue weighted by atomic mass is 10.1. The number of amides is 1. The fourth-order valence-electron chi connectivity index (χ4n) is 2.42. The molecule has 1 aliphatic heterocycles. The maximum Gasteiger partial charge on any atom is 0.291 e. The van der Waals surface area contributed by atoms with Crippen LogP contribution >= 0.6 is 23.4 Å². The summed E-state index contributed by atoms with van der Waals surface area (Å²) in [6.07, 6.45) is 2.24. The lowest BCUT2D eigenvalue weighted by Gasteiger charge is -2.19. The average Bonchev–Trinajstić information content (AvgIpc) is 2.92. The van der Waals surface area contributed by atoms with Gasteiger partial charge in [0, 0.05) is 29.1 Å². The van der Waals surface area contributed by atoms with Crippen LogP contribution in [0.4, 0.5) is 0 Å². The van der Waals surface area contributed by atoms with Crippen molar-refractivity contribution in [1.82, 2.24) is 20.1 Å². The molecule has 1 aromatic carbocycles. The lowest BCUT2D eigenvalue weighted by molar-refractivity contribution is 0.0755. The van der Waals surface area contributed by atoms with Crippen LogP contribution in [0.25, 0.3) is 0 Å². The second-order valence-electron chi connectivity index (χ2n) is 4.80. The summed E-state index contributed by atoms with van der Waals surface area (Å²) in [6, 6.07) is 7.92. The minimum Gasteiger partial charge on any atom is -0.335 e. The number of nitrogens with one attached hydrogen (secondary N) is 1. The Morgan fingerprint density at radius 3 is 3.00 bits per heavy atom. The summed E-state index contributed by atoms with van der Waals surface area (Å²) in [5.74, 6) is 1.10. The highest BCUT2D eigenvalue weighted by Gasteiger charge is 2.25. The van der Waals surface area contributed by atoms with E-state index in [-0.39, 0.29) is 5.91 Å². The SMILES string of the molecule is O=C(c1ncn[nH]1)N1CCSC(c2ccccc2Cl)CC1. The fourth-order valence-corrected chi connectivity index (χ4v) is 4.02. The molecular formula is C14H15ClN4OS. The highest BCUT2D eigenvalue weighted by atomic mass is 35.5. The van der Waals surface area contributed by atoms with Gasteiger partial charge >= 0.3 is 0 Å². The zero-order valence-electron chi connectivity index (χ0n) is 11.3. The molecule has 2 heterocycles. The predicted molar refractivity (Wildman–Crippen MR) is 83.6 cm³/mol. The number of rotatable bonds is 2. The molecule has 1 fully saturated rings. The van der Waals surface area contributed by atoms with Gasteiger partial charge in [-0.25, -0.2) is 4.98 Å². The molecule has 1 saturated heterocycles. The van der Waals surface area contributed by atoms with Crippen LogP contribution in [0.3, 0.4) is 0 Å². The summed E-state index contributed by atoms with van der Waals surface area (Å²) in [7, 11) is 0. The van der Waals surface area contributed by atoms with Gasteiger partial charge in [-0.05, 0) is 18.1 Å². The van der Waals surface area contributed by atoms with Crippen LogP contribution in [0.5, 0.6) is 0 Å². The smallest absolute Gasteiger partial charge is 0.291 e. The molecule has 1 aliphatic rings. The third-order valence-corrected chi connectivity index (χ3v) is 5.15. The van der Waals surface area contributed by atoms with Crippen molar-refractivity contribution in [2.24, 2.45) is 0 Å². The number of aromatic nitrogens is 3. The van der Waals surface area contributed by atoms with Crippen LogP contribution in [0, 0.1) is 0 Å². The summed E-state index contributed by atoms with van der Waals surface area (Å²) < 4.78 is 0. The van der Waals surface area contributed by atoms with Gasteiger partial charge < -0.3 is 4.90 Å². The van der Waals surface area contributed by atoms with Crippen molar-refractivity contribution in [2.45, 2.75) is 11.7 Å². The maximum atomic E-state index is 12.3. The zero-order valence-corrected chi connectivity index (χ0v) is 12.9. The molecule has 1 amide bonds. The second-order valence-corrected chi connectivity index (χ2v) is 6.51. The van der Waals surface area contributed by atoms with Crippen molar-refractivity contribution < 1.29 is 4.79 Å². The van der Waals surface area contributed by atoms with E-state index in [1.165, 1.54) is 6.33 Å². The van der Waals surface area contributed by atoms with E-state index in [4.69, 9.17) is 11.6 Å². The molecule has 1 N–H and O–H groups in total. The first-order valence-corrected chi connectivity index (χ1v) is 8.19. The second kappa shape index (κ2) is 6.49. The van der Waals surface area contributed by atoms with Crippen LogP contribution in [0.2, 0.25) is 5.02 Å². The first kappa shape index (κ1) is 14.4. The van der Waals surface area contributed by atoms with Crippen molar-refractivity contribution in [3.05, 3.63) is 47.0 Å². The molecule has 2 aromatic rings. The molecule has 0 spiro atoms. The molecule has 0 radical (unpaired) electrons. The molecule has 1 aromatic heterocycles. The largest absolute Gasteiger partial charge is 0.335 e. The third-order valence-electron chi connectivity index (χ3n) is 3.50. The summed E-state index contributed by atoms with van der Waals surface area (Å²) in [6.45, 7) is 1.41. The van der Waals surface area contributed by atoms with E-state index in [9.17, 15) is 4.79 Å². The summed E-state index contributed by atoms with van der Waals surface area (Å²) in [5.41, 5.74) is 1.15. The van der Waals surface area contributed by atoms with E-state index in [1.807, 2.05) is 34.9 Å². The summed E-state index contributed by atoms with van der Waals surface area (Å²) in [5, 5.41) is 7.48. The molecule has 1 unspecified atom stereocenters. The number of nitrogens with zero attached hydrogens (tertiary/aromatic N) is 3. The van der Waals surface area contributed by atoms with Gasteiger partial charge in [-0.2, -0.15) is 16.9 Å². The molecule has 0 aliphatic carbocycles. The quantitative estimate of drug-likeness (QED) is 0.923. The summed E-state index contributed by atoms with van der Waals surface area (Å²) >= 11 is 8.12. The zero-order chi connectivity index (χ0) is 14.7. The Bertz CT molecular complexity index is 619. The Balaban J connectivity index is 1.70. The molecule has 3 rings (SSSR count). The van der Waals surface area contributed by atoms with Gasteiger partial charge in [-0.1, -0.05) is 29.8 Å². The monoisotopic (exact) mass is 322 g/mol. The number of thioether (sulfide) groups is 1. The van der Waals surface area contributed by atoms with Crippen molar-refractivity contribution in [3.8, 4) is 0 Å². The molecule has 7 heteroatoms. The van der Waals surface area contributed by atoms with Gasteiger partial charge in [0.2, 0.25) is 5.82 Å². The highest BCUT2D eigenvalue weighted by molar-refractivity contribution is 7.99. The highest BCUT2D eigenvalue weighted by Crippen LogP contribution is 2.37. The van der Waals surface area contributed by atoms with Crippen molar-refractivity contribution in [3.63, 3.8) is 0 Å². The fraction of sp³-hybridized carbons (Fsp3) is 0.357. The number of carbonyl (C=O) groups excluding carboxylic acids is 1. The van der Waals surface area contributed by atoms with Crippen LogP contribution in [0.15, 0.2) is 30.6 Å². The van der Waals surface area contributed by atoms with E-state index >= 15 is 0 Å².